The smallest absolute Gasteiger partial charge is 0.221 e. The van der Waals surface area contributed by atoms with Crippen LogP contribution < -0.4 is 16.0 Å². The predicted molar refractivity (Wildman–Crippen MR) is 229 cm³/mol. The lowest BCUT2D eigenvalue weighted by Crippen LogP contribution is -2.08. The Morgan fingerprint density at radius 1 is 0.400 bits per heavy atom. The third-order valence-corrected chi connectivity index (χ3v) is 10.00. The van der Waals surface area contributed by atoms with Gasteiger partial charge in [-0.15, -0.1) is 0 Å². The quantitative estimate of drug-likeness (QED) is 0.0959. The van der Waals surface area contributed by atoms with Crippen LogP contribution in [0.5, 0.6) is 17.2 Å². The molecule has 6 aromatic carbocycles. The van der Waals surface area contributed by atoms with E-state index in [4.69, 9.17) is 14.2 Å². The van der Waals surface area contributed by atoms with Gasteiger partial charge >= 0.3 is 0 Å². The van der Waals surface area contributed by atoms with E-state index in [0.717, 1.165) is 0 Å². The summed E-state index contributed by atoms with van der Waals surface area (Å²) in [6.45, 7) is 3.92. The maximum atomic E-state index is 12.1. The van der Waals surface area contributed by atoms with E-state index in [1.165, 1.54) is 20.8 Å². The number of hydrogen-bond acceptors (Lipinski definition) is 9. The molecule has 12 nitrogen and oxygen atoms in total. The third-order valence-electron chi connectivity index (χ3n) is 10.00. The lowest BCUT2D eigenvalue weighted by molar-refractivity contribution is -0.115. The summed E-state index contributed by atoms with van der Waals surface area (Å²) in [6.07, 6.45) is 0. The van der Waals surface area contributed by atoms with Gasteiger partial charge in [-0.3, -0.25) is 14.4 Å². The highest BCUT2D eigenvalue weighted by Crippen LogP contribution is 2.39. The van der Waals surface area contributed by atoms with Crippen LogP contribution >= 0.6 is 0 Å². The van der Waals surface area contributed by atoms with Gasteiger partial charge in [0.05, 0.1) is 39.6 Å². The number of carbonyl (C=O) groups excluding carboxylic acids is 3. The number of benzene rings is 6. The van der Waals surface area contributed by atoms with E-state index in [9.17, 15) is 29.7 Å². The standard InChI is InChI=1S/C48H45N3O9/c1-28(52)49-43-13-7-4-10-40(43)31-16-34-22-58-24-36-18-32(41-11-5-8-14-44(41)50-29(2)53)20-38(47(36)56)26-60-27-39-21-33(42-12-6-9-15-45(42)51-30(3)54)19-37(48(39)57)25-59-23-35(17-31)46(34)55/h4-21,55-57H,22-27H2,1-3H3,(H,49,52)(H,50,53)(H,51,54). The number of hydrogen-bond donors (Lipinski definition) is 6. The number of carbonyl (C=O) groups is 3. The van der Waals surface area contributed by atoms with Gasteiger partial charge in [0.15, 0.2) is 0 Å². The maximum Gasteiger partial charge on any atom is 0.221 e. The van der Waals surface area contributed by atoms with Gasteiger partial charge in [0.2, 0.25) is 17.7 Å². The molecule has 0 aromatic heterocycles. The molecule has 7 rings (SSSR count). The van der Waals surface area contributed by atoms with Gasteiger partial charge in [0.1, 0.15) is 17.2 Å². The van der Waals surface area contributed by atoms with Crippen molar-refractivity contribution < 1.29 is 43.9 Å². The summed E-state index contributed by atoms with van der Waals surface area (Å²) in [5, 5.41) is 43.7. The lowest BCUT2D eigenvalue weighted by Gasteiger charge is -2.19. The molecule has 1 aliphatic heterocycles. The molecule has 0 radical (unpaired) electrons. The summed E-state index contributed by atoms with van der Waals surface area (Å²) in [6, 6.07) is 32.7. The SMILES string of the molecule is CC(=O)Nc1ccccc1-c1cc2c(O)c(c1)COCc1cc(-c3ccccc3NC(C)=O)cc(c1O)COCc1cc(-c3ccccc3NC(C)=O)cc(c1O)COC2. The van der Waals surface area contributed by atoms with Crippen LogP contribution in [0.3, 0.4) is 0 Å². The highest BCUT2D eigenvalue weighted by molar-refractivity contribution is 5.96. The minimum absolute atomic E-state index is 0.0592. The van der Waals surface area contributed by atoms with E-state index in [1.54, 1.807) is 54.6 Å². The number of para-hydroxylation sites is 3. The first-order valence-electron chi connectivity index (χ1n) is 19.3. The van der Waals surface area contributed by atoms with Gasteiger partial charge in [-0.25, -0.2) is 0 Å². The Bertz CT molecular complexity index is 2250. The van der Waals surface area contributed by atoms with Crippen molar-refractivity contribution in [2.75, 3.05) is 16.0 Å². The topological polar surface area (TPSA) is 176 Å². The molecule has 0 aliphatic carbocycles. The Morgan fingerprint density at radius 2 is 0.617 bits per heavy atom. The number of fused-ring (bicyclic) bond motifs is 6. The van der Waals surface area contributed by atoms with Crippen LogP contribution in [0.4, 0.5) is 17.1 Å². The highest BCUT2D eigenvalue weighted by atomic mass is 16.5. The first-order chi connectivity index (χ1) is 28.9. The summed E-state index contributed by atoms with van der Waals surface area (Å²) in [4.78, 5) is 36.4. The molecule has 0 saturated carbocycles. The molecule has 1 heterocycles. The average molecular weight is 808 g/mol. The molecule has 6 aromatic rings. The Labute approximate surface area is 347 Å². The van der Waals surface area contributed by atoms with Crippen LogP contribution in [-0.4, -0.2) is 33.0 Å². The fourth-order valence-corrected chi connectivity index (χ4v) is 7.32. The van der Waals surface area contributed by atoms with Gasteiger partial charge in [-0.05, 0) is 71.3 Å². The van der Waals surface area contributed by atoms with Crippen molar-refractivity contribution in [3.05, 3.63) is 143 Å². The molecule has 0 saturated heterocycles. The first-order valence-corrected chi connectivity index (χ1v) is 19.3. The number of nitrogens with one attached hydrogen (secondary N) is 3. The number of anilines is 3. The normalized spacial score (nSPS) is 13.1. The van der Waals surface area contributed by atoms with E-state index >= 15 is 0 Å². The van der Waals surface area contributed by atoms with Crippen molar-refractivity contribution in [1.82, 2.24) is 0 Å². The molecule has 12 heteroatoms. The minimum Gasteiger partial charge on any atom is -0.507 e. The van der Waals surface area contributed by atoms with E-state index < -0.39 is 0 Å². The van der Waals surface area contributed by atoms with E-state index in [1.807, 2.05) is 54.6 Å². The molecule has 60 heavy (non-hydrogen) atoms. The number of ether oxygens (including phenoxy) is 3. The molecule has 6 N–H and O–H groups in total. The molecule has 0 spiro atoms. The molecule has 0 fully saturated rings. The number of phenols is 3. The van der Waals surface area contributed by atoms with E-state index in [2.05, 4.69) is 16.0 Å². The first kappa shape index (κ1) is 41.2. The number of phenolic OH excluding ortho intramolecular Hbond substituents is 3. The Morgan fingerprint density at radius 3 is 0.833 bits per heavy atom. The zero-order chi connectivity index (χ0) is 42.3. The molecular weight excluding hydrogens is 763 g/mol. The van der Waals surface area contributed by atoms with Crippen LogP contribution in [-0.2, 0) is 68.2 Å². The van der Waals surface area contributed by atoms with Crippen molar-refractivity contribution in [3.8, 4) is 50.6 Å². The summed E-state index contributed by atoms with van der Waals surface area (Å²) in [5.74, 6) is -0.902. The Balaban J connectivity index is 1.36. The summed E-state index contributed by atoms with van der Waals surface area (Å²) in [7, 11) is 0. The summed E-state index contributed by atoms with van der Waals surface area (Å²) >= 11 is 0. The fraction of sp³-hybridized carbons (Fsp3) is 0.188. The Hall–Kier alpha value is -6.99. The second-order valence-electron chi connectivity index (χ2n) is 14.6. The van der Waals surface area contributed by atoms with Crippen LogP contribution in [0.15, 0.2) is 109 Å². The van der Waals surface area contributed by atoms with Crippen molar-refractivity contribution in [2.24, 2.45) is 0 Å². The fourth-order valence-electron chi connectivity index (χ4n) is 7.32. The monoisotopic (exact) mass is 807 g/mol. The van der Waals surface area contributed by atoms with Crippen molar-refractivity contribution in [1.29, 1.82) is 0 Å². The zero-order valence-electron chi connectivity index (χ0n) is 33.4. The van der Waals surface area contributed by atoms with E-state index in [-0.39, 0.29) is 74.6 Å². The van der Waals surface area contributed by atoms with Crippen LogP contribution in [0.2, 0.25) is 0 Å². The lowest BCUT2D eigenvalue weighted by atomic mass is 9.96. The van der Waals surface area contributed by atoms with Crippen LogP contribution in [0.25, 0.3) is 33.4 Å². The second-order valence-corrected chi connectivity index (χ2v) is 14.6. The highest BCUT2D eigenvalue weighted by Gasteiger charge is 2.20. The van der Waals surface area contributed by atoms with Gasteiger partial charge in [0.25, 0.3) is 0 Å². The minimum atomic E-state index is -0.242. The largest absolute Gasteiger partial charge is 0.507 e. The molecule has 306 valence electrons. The maximum absolute atomic E-state index is 12.1. The van der Waals surface area contributed by atoms with Crippen molar-refractivity contribution in [2.45, 2.75) is 60.4 Å². The van der Waals surface area contributed by atoms with Gasteiger partial charge in [0, 0.05) is 87.9 Å². The molecule has 0 unspecified atom stereocenters. The van der Waals surface area contributed by atoms with Crippen molar-refractivity contribution >= 4 is 34.8 Å². The number of rotatable bonds is 6. The average Bonchev–Trinajstić information content (AvgIpc) is 3.21. The van der Waals surface area contributed by atoms with Crippen LogP contribution in [0, 0.1) is 0 Å². The second kappa shape index (κ2) is 18.3. The van der Waals surface area contributed by atoms with E-state index in [0.29, 0.717) is 83.8 Å². The number of aromatic hydroxyl groups is 3. The molecular formula is C48H45N3O9. The zero-order valence-corrected chi connectivity index (χ0v) is 33.4. The summed E-state index contributed by atoms with van der Waals surface area (Å²) in [5.41, 5.74) is 8.50. The van der Waals surface area contributed by atoms with Crippen molar-refractivity contribution in [3.63, 3.8) is 0 Å². The van der Waals surface area contributed by atoms with Crippen LogP contribution in [0.1, 0.15) is 54.2 Å². The third kappa shape index (κ3) is 9.48. The molecule has 6 bridgehead atoms. The van der Waals surface area contributed by atoms with Gasteiger partial charge in [-0.2, -0.15) is 0 Å². The van der Waals surface area contributed by atoms with Gasteiger partial charge in [-0.1, -0.05) is 54.6 Å². The number of amides is 3. The summed E-state index contributed by atoms with van der Waals surface area (Å²) < 4.78 is 18.7. The Kier molecular flexibility index (Phi) is 12.6. The molecule has 3 amide bonds. The molecule has 0 atom stereocenters. The van der Waals surface area contributed by atoms with Gasteiger partial charge < -0.3 is 45.5 Å². The molecule has 1 aliphatic rings. The predicted octanol–water partition coefficient (Wildman–Crippen LogP) is 9.14.